The van der Waals surface area contributed by atoms with Gasteiger partial charge in [-0.15, -0.1) is 0 Å². The number of hydrogen-bond acceptors (Lipinski definition) is 5. The molecule has 1 saturated heterocycles. The fraction of sp³-hybridized carbons (Fsp3) is 0.438. The third-order valence-electron chi connectivity index (χ3n) is 4.11. The van der Waals surface area contributed by atoms with Crippen LogP contribution in [-0.2, 0) is 9.59 Å². The molecule has 3 N–H and O–H groups in total. The van der Waals surface area contributed by atoms with Crippen LogP contribution in [0.5, 0.6) is 0 Å². The number of nitrogens with two attached hydrogens (primary N) is 1. The SMILES string of the molecule is Cc1ccc2nc(NC(=O)C3CCN(CC(N)=O)CC3)sc2c1. The molecule has 0 aliphatic carbocycles. The maximum Gasteiger partial charge on any atom is 0.231 e. The van der Waals surface area contributed by atoms with Crippen molar-refractivity contribution in [2.45, 2.75) is 19.8 Å². The first-order chi connectivity index (χ1) is 11.0. The summed E-state index contributed by atoms with van der Waals surface area (Å²) >= 11 is 1.50. The van der Waals surface area contributed by atoms with Gasteiger partial charge < -0.3 is 11.1 Å². The third kappa shape index (κ3) is 3.86. The molecule has 1 aliphatic heterocycles. The number of piperidine rings is 1. The number of fused-ring (bicyclic) bond motifs is 1. The number of carbonyl (C=O) groups excluding carboxylic acids is 2. The van der Waals surface area contributed by atoms with Gasteiger partial charge in [0, 0.05) is 5.92 Å². The maximum absolute atomic E-state index is 12.4. The molecule has 3 rings (SSSR count). The number of rotatable bonds is 4. The fourth-order valence-electron chi connectivity index (χ4n) is 2.87. The number of aromatic nitrogens is 1. The van der Waals surface area contributed by atoms with Gasteiger partial charge in [0.1, 0.15) is 0 Å². The van der Waals surface area contributed by atoms with Crippen LogP contribution in [-0.4, -0.2) is 41.3 Å². The van der Waals surface area contributed by atoms with E-state index in [1.54, 1.807) is 0 Å². The minimum absolute atomic E-state index is 0.0134. The Balaban J connectivity index is 1.59. The van der Waals surface area contributed by atoms with Crippen molar-refractivity contribution >= 4 is 38.5 Å². The Morgan fingerprint density at radius 3 is 2.83 bits per heavy atom. The predicted octanol–water partition coefficient (Wildman–Crippen LogP) is 1.74. The van der Waals surface area contributed by atoms with Gasteiger partial charge >= 0.3 is 0 Å². The lowest BCUT2D eigenvalue weighted by Gasteiger charge is -2.29. The second-order valence-corrected chi connectivity index (χ2v) is 7.03. The lowest BCUT2D eigenvalue weighted by atomic mass is 9.96. The van der Waals surface area contributed by atoms with E-state index in [1.807, 2.05) is 24.0 Å². The van der Waals surface area contributed by atoms with E-state index >= 15 is 0 Å². The number of carbonyl (C=O) groups is 2. The molecule has 0 radical (unpaired) electrons. The number of nitrogens with one attached hydrogen (secondary N) is 1. The van der Waals surface area contributed by atoms with E-state index in [-0.39, 0.29) is 24.3 Å². The molecule has 122 valence electrons. The van der Waals surface area contributed by atoms with Crippen molar-refractivity contribution < 1.29 is 9.59 Å². The summed E-state index contributed by atoms with van der Waals surface area (Å²) in [5.41, 5.74) is 7.29. The van der Waals surface area contributed by atoms with Crippen LogP contribution in [0, 0.1) is 12.8 Å². The molecule has 0 unspecified atom stereocenters. The zero-order chi connectivity index (χ0) is 16.4. The largest absolute Gasteiger partial charge is 0.369 e. The van der Waals surface area contributed by atoms with Crippen LogP contribution in [0.15, 0.2) is 18.2 Å². The number of thiazole rings is 1. The fourth-order valence-corrected chi connectivity index (χ4v) is 3.83. The molecule has 0 atom stereocenters. The van der Waals surface area contributed by atoms with Gasteiger partial charge in [-0.1, -0.05) is 17.4 Å². The number of primary amides is 1. The van der Waals surface area contributed by atoms with Gasteiger partial charge in [0.05, 0.1) is 16.8 Å². The van der Waals surface area contributed by atoms with Gasteiger partial charge in [0.2, 0.25) is 11.8 Å². The van der Waals surface area contributed by atoms with Gasteiger partial charge in [-0.3, -0.25) is 14.5 Å². The Hall–Kier alpha value is -1.99. The van der Waals surface area contributed by atoms with Crippen LogP contribution >= 0.6 is 11.3 Å². The lowest BCUT2D eigenvalue weighted by Crippen LogP contribution is -2.42. The Morgan fingerprint density at radius 2 is 2.13 bits per heavy atom. The van der Waals surface area contributed by atoms with E-state index < -0.39 is 0 Å². The van der Waals surface area contributed by atoms with Crippen LogP contribution in [0.25, 0.3) is 10.2 Å². The van der Waals surface area contributed by atoms with Crippen LogP contribution in [0.3, 0.4) is 0 Å². The topological polar surface area (TPSA) is 88.3 Å². The van der Waals surface area contributed by atoms with Crippen molar-refractivity contribution in [3.05, 3.63) is 23.8 Å². The van der Waals surface area contributed by atoms with Gasteiger partial charge in [-0.05, 0) is 50.6 Å². The first-order valence-corrected chi connectivity index (χ1v) is 8.51. The minimum atomic E-state index is -0.322. The summed E-state index contributed by atoms with van der Waals surface area (Å²) < 4.78 is 1.08. The first-order valence-electron chi connectivity index (χ1n) is 7.70. The molecular weight excluding hydrogens is 312 g/mol. The van der Waals surface area contributed by atoms with Crippen molar-refractivity contribution in [2.24, 2.45) is 11.7 Å². The van der Waals surface area contributed by atoms with E-state index in [0.29, 0.717) is 5.13 Å². The summed E-state index contributed by atoms with van der Waals surface area (Å²) in [6.07, 6.45) is 1.48. The Kier molecular flexibility index (Phi) is 4.58. The van der Waals surface area contributed by atoms with E-state index in [4.69, 9.17) is 5.73 Å². The second kappa shape index (κ2) is 6.64. The zero-order valence-corrected chi connectivity index (χ0v) is 13.9. The summed E-state index contributed by atoms with van der Waals surface area (Å²) in [5.74, 6) is -0.343. The maximum atomic E-state index is 12.4. The van der Waals surface area contributed by atoms with Crippen molar-refractivity contribution in [1.82, 2.24) is 9.88 Å². The average Bonchev–Trinajstić information content (AvgIpc) is 2.88. The minimum Gasteiger partial charge on any atom is -0.369 e. The number of benzene rings is 1. The molecule has 1 fully saturated rings. The monoisotopic (exact) mass is 332 g/mol. The molecule has 1 aliphatic rings. The normalized spacial score (nSPS) is 16.6. The number of likely N-dealkylation sites (tertiary alicyclic amines) is 1. The molecule has 0 spiro atoms. The Bertz CT molecular complexity index is 735. The summed E-state index contributed by atoms with van der Waals surface area (Å²) in [4.78, 5) is 29.8. The Morgan fingerprint density at radius 1 is 1.39 bits per heavy atom. The molecular formula is C16H20N4O2S. The number of aryl methyl sites for hydroxylation is 1. The number of amides is 2. The summed E-state index contributed by atoms with van der Waals surface area (Å²) in [6, 6.07) is 6.06. The highest BCUT2D eigenvalue weighted by Gasteiger charge is 2.26. The van der Waals surface area contributed by atoms with Gasteiger partial charge in [-0.25, -0.2) is 4.98 Å². The molecule has 6 nitrogen and oxygen atoms in total. The third-order valence-corrected chi connectivity index (χ3v) is 5.05. The Labute approximate surface area is 138 Å². The smallest absolute Gasteiger partial charge is 0.231 e. The highest BCUT2D eigenvalue weighted by molar-refractivity contribution is 7.22. The summed E-state index contributed by atoms with van der Waals surface area (Å²) in [5, 5.41) is 3.58. The van der Waals surface area contributed by atoms with Crippen LogP contribution in [0.4, 0.5) is 5.13 Å². The zero-order valence-electron chi connectivity index (χ0n) is 13.0. The van der Waals surface area contributed by atoms with Crippen LogP contribution < -0.4 is 11.1 Å². The molecule has 1 aromatic carbocycles. The molecule has 1 aromatic heterocycles. The lowest BCUT2D eigenvalue weighted by molar-refractivity contribution is -0.122. The highest BCUT2D eigenvalue weighted by Crippen LogP contribution is 2.28. The molecule has 23 heavy (non-hydrogen) atoms. The predicted molar refractivity (Wildman–Crippen MR) is 91.3 cm³/mol. The van der Waals surface area contributed by atoms with Crippen LogP contribution in [0.1, 0.15) is 18.4 Å². The van der Waals surface area contributed by atoms with E-state index in [2.05, 4.69) is 16.4 Å². The van der Waals surface area contributed by atoms with Crippen molar-refractivity contribution in [2.75, 3.05) is 25.0 Å². The van der Waals surface area contributed by atoms with Gasteiger partial charge in [-0.2, -0.15) is 0 Å². The first kappa shape index (κ1) is 15.9. The quantitative estimate of drug-likeness (QED) is 0.892. The molecule has 2 amide bonds. The number of anilines is 1. The van der Waals surface area contributed by atoms with E-state index in [1.165, 1.54) is 16.9 Å². The van der Waals surface area contributed by atoms with Gasteiger partial charge in [0.15, 0.2) is 5.13 Å². The highest BCUT2D eigenvalue weighted by atomic mass is 32.1. The second-order valence-electron chi connectivity index (χ2n) is 6.00. The molecule has 0 saturated carbocycles. The van der Waals surface area contributed by atoms with Gasteiger partial charge in [0.25, 0.3) is 0 Å². The van der Waals surface area contributed by atoms with E-state index in [9.17, 15) is 9.59 Å². The number of hydrogen-bond donors (Lipinski definition) is 2. The summed E-state index contributed by atoms with van der Waals surface area (Å²) in [6.45, 7) is 3.75. The van der Waals surface area contributed by atoms with E-state index in [0.717, 1.165) is 36.1 Å². The standard InChI is InChI=1S/C16H20N4O2S/c1-10-2-3-12-13(8-10)23-16(18-12)19-15(22)11-4-6-20(7-5-11)9-14(17)21/h2-3,8,11H,4-7,9H2,1H3,(H2,17,21)(H,18,19,22). The van der Waals surface area contributed by atoms with Crippen LogP contribution in [0.2, 0.25) is 0 Å². The molecule has 2 heterocycles. The van der Waals surface area contributed by atoms with Crippen molar-refractivity contribution in [3.63, 3.8) is 0 Å². The molecule has 2 aromatic rings. The molecule has 0 bridgehead atoms. The number of nitrogens with zero attached hydrogens (tertiary/aromatic N) is 2. The average molecular weight is 332 g/mol. The summed E-state index contributed by atoms with van der Waals surface area (Å²) in [7, 11) is 0. The van der Waals surface area contributed by atoms with Crippen molar-refractivity contribution in [1.29, 1.82) is 0 Å². The van der Waals surface area contributed by atoms with Crippen molar-refractivity contribution in [3.8, 4) is 0 Å². The molecule has 7 heteroatoms.